The molecule has 7 heteroatoms. The zero-order valence-electron chi connectivity index (χ0n) is 23.4. The molecule has 1 aliphatic rings. The molecule has 3 aromatic carbocycles. The molecule has 5 nitrogen and oxygen atoms in total. The lowest BCUT2D eigenvalue weighted by Crippen LogP contribution is -2.29. The number of benzene rings is 3. The van der Waals surface area contributed by atoms with Gasteiger partial charge < -0.3 is 19.5 Å². The Hall–Kier alpha value is -4.13. The molecule has 2 aromatic heterocycles. The van der Waals surface area contributed by atoms with Crippen molar-refractivity contribution in [1.29, 1.82) is 0 Å². The Morgan fingerprint density at radius 1 is 0.854 bits per heavy atom. The Morgan fingerprint density at radius 3 is 2.24 bits per heavy atom. The quantitative estimate of drug-likeness (QED) is 0.204. The second-order valence-electron chi connectivity index (χ2n) is 10.5. The van der Waals surface area contributed by atoms with Crippen LogP contribution in [0.3, 0.4) is 0 Å². The third-order valence-corrected chi connectivity index (χ3v) is 8.22. The fourth-order valence-electron chi connectivity index (χ4n) is 5.65. The smallest absolute Gasteiger partial charge is 0.174 e. The van der Waals surface area contributed by atoms with Gasteiger partial charge in [-0.15, -0.1) is 0 Å². The van der Waals surface area contributed by atoms with Crippen LogP contribution >= 0.6 is 23.8 Å². The van der Waals surface area contributed by atoms with Crippen molar-refractivity contribution >= 4 is 34.6 Å². The van der Waals surface area contributed by atoms with Crippen LogP contribution in [0.15, 0.2) is 97.2 Å². The van der Waals surface area contributed by atoms with E-state index in [1.54, 1.807) is 0 Å². The summed E-state index contributed by atoms with van der Waals surface area (Å²) >= 11 is 12.4. The zero-order valence-corrected chi connectivity index (χ0v) is 25.0. The van der Waals surface area contributed by atoms with Crippen molar-refractivity contribution in [3.05, 3.63) is 136 Å². The number of aryl methyl sites for hydroxylation is 3. The highest BCUT2D eigenvalue weighted by Crippen LogP contribution is 2.44. The van der Waals surface area contributed by atoms with Gasteiger partial charge in [0.05, 0.1) is 17.8 Å². The average molecular weight is 579 g/mol. The first-order valence-corrected chi connectivity index (χ1v) is 14.4. The van der Waals surface area contributed by atoms with Gasteiger partial charge in [0.2, 0.25) is 0 Å². The van der Waals surface area contributed by atoms with Gasteiger partial charge in [-0.2, -0.15) is 0 Å². The van der Waals surface area contributed by atoms with E-state index in [-0.39, 0.29) is 12.1 Å². The summed E-state index contributed by atoms with van der Waals surface area (Å²) in [6.45, 7) is 8.47. The van der Waals surface area contributed by atoms with E-state index in [4.69, 9.17) is 33.5 Å². The minimum absolute atomic E-state index is 0.124. The lowest BCUT2D eigenvalue weighted by Gasteiger charge is -2.28. The number of nitrogens with one attached hydrogen (secondary N) is 1. The average Bonchev–Trinajstić information content (AvgIpc) is 3.47. The molecule has 1 N–H and O–H groups in total. The Kier molecular flexibility index (Phi) is 7.28. The van der Waals surface area contributed by atoms with Crippen molar-refractivity contribution in [1.82, 2.24) is 14.9 Å². The molecule has 6 rings (SSSR count). The van der Waals surface area contributed by atoms with Crippen LogP contribution in [0.5, 0.6) is 11.5 Å². The summed E-state index contributed by atoms with van der Waals surface area (Å²) in [5.41, 5.74) is 8.77. The number of hydrogen-bond acceptors (Lipinski definition) is 3. The lowest BCUT2D eigenvalue weighted by atomic mass is 9.96. The molecule has 0 aliphatic carbocycles. The maximum Gasteiger partial charge on any atom is 0.174 e. The molecule has 5 aromatic rings. The molecule has 0 spiro atoms. The van der Waals surface area contributed by atoms with Crippen molar-refractivity contribution in [3.8, 4) is 17.2 Å². The predicted molar refractivity (Wildman–Crippen MR) is 171 cm³/mol. The van der Waals surface area contributed by atoms with Crippen molar-refractivity contribution in [2.45, 2.75) is 39.8 Å². The zero-order chi connectivity index (χ0) is 28.7. The van der Waals surface area contributed by atoms with E-state index in [1.807, 2.05) is 66.9 Å². The largest absolute Gasteiger partial charge is 0.457 e. The van der Waals surface area contributed by atoms with Crippen LogP contribution < -0.4 is 15.0 Å². The van der Waals surface area contributed by atoms with Gasteiger partial charge in [0.1, 0.15) is 11.5 Å². The summed E-state index contributed by atoms with van der Waals surface area (Å²) in [7, 11) is 0. The topological polar surface area (TPSA) is 42.3 Å². The fourth-order valence-corrected chi connectivity index (χ4v) is 6.16. The monoisotopic (exact) mass is 578 g/mol. The van der Waals surface area contributed by atoms with Gasteiger partial charge >= 0.3 is 0 Å². The van der Waals surface area contributed by atoms with E-state index < -0.39 is 0 Å². The summed E-state index contributed by atoms with van der Waals surface area (Å²) in [4.78, 5) is 6.91. The number of thiocarbonyl (C=S) groups is 1. The number of ether oxygens (including phenoxy) is 1. The molecule has 2 unspecified atom stereocenters. The van der Waals surface area contributed by atoms with Crippen LogP contribution in [0.1, 0.15) is 45.9 Å². The van der Waals surface area contributed by atoms with Crippen molar-refractivity contribution < 1.29 is 4.74 Å². The highest BCUT2D eigenvalue weighted by molar-refractivity contribution is 7.80. The summed E-state index contributed by atoms with van der Waals surface area (Å²) in [6.07, 6.45) is 1.83. The first kappa shape index (κ1) is 27.1. The van der Waals surface area contributed by atoms with Gasteiger partial charge in [-0.25, -0.2) is 0 Å². The molecule has 41 heavy (non-hydrogen) atoms. The molecule has 1 fully saturated rings. The Balaban J connectivity index is 1.42. The maximum absolute atomic E-state index is 6.43. The fraction of sp³-hybridized carbons (Fsp3) is 0.176. The van der Waals surface area contributed by atoms with Gasteiger partial charge in [-0.3, -0.25) is 4.98 Å². The van der Waals surface area contributed by atoms with E-state index >= 15 is 0 Å². The molecule has 3 heterocycles. The number of rotatable bonds is 6. The highest BCUT2D eigenvalue weighted by Gasteiger charge is 2.42. The number of halogens is 1. The minimum atomic E-state index is -0.137. The molecule has 0 amide bonds. The van der Waals surface area contributed by atoms with E-state index in [2.05, 4.69) is 72.8 Å². The van der Waals surface area contributed by atoms with Gasteiger partial charge in [0, 0.05) is 34.0 Å². The molecule has 0 saturated carbocycles. The van der Waals surface area contributed by atoms with Crippen LogP contribution in [0, 0.1) is 27.7 Å². The Labute approximate surface area is 251 Å². The van der Waals surface area contributed by atoms with Crippen LogP contribution in [0.25, 0.3) is 5.69 Å². The van der Waals surface area contributed by atoms with Crippen molar-refractivity contribution in [3.63, 3.8) is 0 Å². The first-order valence-electron chi connectivity index (χ1n) is 13.6. The lowest BCUT2D eigenvalue weighted by molar-refractivity contribution is 0.482. The number of pyridine rings is 1. The number of anilines is 1. The van der Waals surface area contributed by atoms with Gasteiger partial charge in [0.15, 0.2) is 5.11 Å². The molecule has 0 bridgehead atoms. The predicted octanol–water partition coefficient (Wildman–Crippen LogP) is 8.73. The third kappa shape index (κ3) is 5.21. The summed E-state index contributed by atoms with van der Waals surface area (Å²) in [5, 5.41) is 4.94. The molecule has 2 atom stereocenters. The summed E-state index contributed by atoms with van der Waals surface area (Å²) in [6, 6.07) is 30.2. The molecular weight excluding hydrogens is 548 g/mol. The van der Waals surface area contributed by atoms with Gasteiger partial charge in [0.25, 0.3) is 0 Å². The summed E-state index contributed by atoms with van der Waals surface area (Å²) < 4.78 is 8.38. The molecular formula is C34H31ClN4OS. The number of aromatic nitrogens is 2. The second-order valence-corrected chi connectivity index (χ2v) is 11.3. The number of hydrogen-bond donors (Lipinski definition) is 1. The van der Waals surface area contributed by atoms with Crippen LogP contribution in [-0.2, 0) is 0 Å². The number of nitrogens with zero attached hydrogens (tertiary/aromatic N) is 3. The van der Waals surface area contributed by atoms with E-state index in [9.17, 15) is 0 Å². The van der Waals surface area contributed by atoms with Crippen molar-refractivity contribution in [2.75, 3.05) is 4.90 Å². The first-order chi connectivity index (χ1) is 19.8. The molecule has 206 valence electrons. The Morgan fingerprint density at radius 2 is 1.56 bits per heavy atom. The van der Waals surface area contributed by atoms with Crippen LogP contribution in [0.2, 0.25) is 5.02 Å². The van der Waals surface area contributed by atoms with Crippen LogP contribution in [0.4, 0.5) is 5.69 Å². The second kappa shape index (κ2) is 11.0. The Bertz CT molecular complexity index is 1710. The molecule has 1 aliphatic heterocycles. The van der Waals surface area contributed by atoms with Gasteiger partial charge in [-0.1, -0.05) is 41.4 Å². The third-order valence-electron chi connectivity index (χ3n) is 7.67. The van der Waals surface area contributed by atoms with Crippen LogP contribution in [-0.4, -0.2) is 14.7 Å². The summed E-state index contributed by atoms with van der Waals surface area (Å²) in [5.74, 6) is 1.57. The van der Waals surface area contributed by atoms with E-state index in [1.165, 1.54) is 11.1 Å². The van der Waals surface area contributed by atoms with E-state index in [0.717, 1.165) is 45.5 Å². The molecule has 1 saturated heterocycles. The SMILES string of the molecule is Cc1ccc(Oc2ccc(N3C(=S)NC(c4ccccn4)C3c3cc(C)n(-c4cc(Cl)ccc4C)c3C)cc2)cc1. The van der Waals surface area contributed by atoms with Crippen molar-refractivity contribution in [2.24, 2.45) is 0 Å². The molecule has 0 radical (unpaired) electrons. The standard InChI is InChI=1S/C34H31ClN4OS/c1-21-8-14-27(15-9-21)40-28-16-12-26(13-17-28)39-33(32(37-34(39)41)30-7-5-6-18-36-30)29-19-23(3)38(24(29)4)31-20-25(35)11-10-22(31)2/h5-20,32-33H,1-4H3,(H,37,41). The highest BCUT2D eigenvalue weighted by atomic mass is 35.5. The minimum Gasteiger partial charge on any atom is -0.457 e. The normalized spacial score (nSPS) is 16.6. The van der Waals surface area contributed by atoms with E-state index in [0.29, 0.717) is 10.1 Å². The van der Waals surface area contributed by atoms with Gasteiger partial charge in [-0.05, 0) is 118 Å². The maximum atomic E-state index is 6.43.